The van der Waals surface area contributed by atoms with E-state index < -0.39 is 0 Å². The van der Waals surface area contributed by atoms with Crippen molar-refractivity contribution in [3.63, 3.8) is 0 Å². The van der Waals surface area contributed by atoms with E-state index in [-0.39, 0.29) is 0 Å². The Labute approximate surface area is 64.3 Å². The van der Waals surface area contributed by atoms with Crippen molar-refractivity contribution in [3.05, 3.63) is 12.2 Å². The van der Waals surface area contributed by atoms with Gasteiger partial charge < -0.3 is 5.73 Å². The summed E-state index contributed by atoms with van der Waals surface area (Å²) in [7, 11) is 0. The molecule has 0 amide bonds. The van der Waals surface area contributed by atoms with Crippen LogP contribution >= 0.6 is 0 Å². The van der Waals surface area contributed by atoms with Gasteiger partial charge in [0.05, 0.1) is 0 Å². The normalized spacial score (nSPS) is 11.0. The smallest absolute Gasteiger partial charge is 0.00743 e. The van der Waals surface area contributed by atoms with Crippen LogP contribution in [0.2, 0.25) is 0 Å². The molecule has 0 fully saturated rings. The van der Waals surface area contributed by atoms with Gasteiger partial charge in [-0.3, -0.25) is 0 Å². The van der Waals surface area contributed by atoms with Gasteiger partial charge in [-0.05, 0) is 25.8 Å². The molecule has 1 nitrogen and oxygen atoms in total. The van der Waals surface area contributed by atoms with E-state index in [1.807, 2.05) is 0 Å². The maximum absolute atomic E-state index is 5.34. The third kappa shape index (κ3) is 7.70. The van der Waals surface area contributed by atoms with Gasteiger partial charge in [0.15, 0.2) is 0 Å². The van der Waals surface area contributed by atoms with Crippen molar-refractivity contribution >= 4 is 0 Å². The van der Waals surface area contributed by atoms with E-state index in [0.717, 1.165) is 19.4 Å². The number of unbranched alkanes of at least 4 members (excludes halogenated alkanes) is 3. The second-order valence-electron chi connectivity index (χ2n) is 2.54. The Balaban J connectivity index is 2.89. The van der Waals surface area contributed by atoms with Crippen LogP contribution in [0.15, 0.2) is 12.2 Å². The molecule has 0 aliphatic carbocycles. The van der Waals surface area contributed by atoms with Gasteiger partial charge in [-0.15, -0.1) is 0 Å². The molecular weight excluding hydrogens is 122 g/mol. The van der Waals surface area contributed by atoms with Crippen LogP contribution in [0.25, 0.3) is 0 Å². The molecule has 0 saturated heterocycles. The predicted molar refractivity (Wildman–Crippen MR) is 47.0 cm³/mol. The Bertz CT molecular complexity index is 66.8. The molecule has 0 spiro atoms. The lowest BCUT2D eigenvalue weighted by atomic mass is 10.2. The number of allylic oxidation sites excluding steroid dienone is 2. The molecule has 0 rings (SSSR count). The lowest BCUT2D eigenvalue weighted by Gasteiger charge is -1.89. The average Bonchev–Trinajstić information content (AvgIpc) is 1.97. The van der Waals surface area contributed by atoms with Crippen molar-refractivity contribution in [2.45, 2.75) is 39.0 Å². The van der Waals surface area contributed by atoms with E-state index in [1.165, 1.54) is 19.3 Å². The summed E-state index contributed by atoms with van der Waals surface area (Å²) < 4.78 is 0. The van der Waals surface area contributed by atoms with Crippen molar-refractivity contribution in [1.82, 2.24) is 0 Å². The third-order valence-electron chi connectivity index (χ3n) is 1.47. The summed E-state index contributed by atoms with van der Waals surface area (Å²) in [5.41, 5.74) is 5.34. The fourth-order valence-electron chi connectivity index (χ4n) is 0.793. The average molecular weight is 141 g/mol. The first-order valence-corrected chi connectivity index (χ1v) is 4.27. The molecule has 60 valence electrons. The van der Waals surface area contributed by atoms with Crippen molar-refractivity contribution in [1.29, 1.82) is 0 Å². The van der Waals surface area contributed by atoms with E-state index in [0.29, 0.717) is 0 Å². The molecule has 0 aromatic heterocycles. The maximum Gasteiger partial charge on any atom is -0.00743 e. The molecule has 0 aromatic rings. The summed E-state index contributed by atoms with van der Waals surface area (Å²) in [6.45, 7) is 3.03. The Morgan fingerprint density at radius 2 is 1.70 bits per heavy atom. The zero-order valence-corrected chi connectivity index (χ0v) is 6.97. The highest BCUT2D eigenvalue weighted by atomic mass is 14.5. The van der Waals surface area contributed by atoms with Crippen molar-refractivity contribution in [2.24, 2.45) is 5.73 Å². The van der Waals surface area contributed by atoms with Gasteiger partial charge in [-0.25, -0.2) is 0 Å². The quantitative estimate of drug-likeness (QED) is 0.446. The van der Waals surface area contributed by atoms with Gasteiger partial charge in [0.1, 0.15) is 0 Å². The minimum absolute atomic E-state index is 0.818. The second-order valence-corrected chi connectivity index (χ2v) is 2.54. The van der Waals surface area contributed by atoms with Gasteiger partial charge in [0, 0.05) is 0 Å². The number of hydrogen-bond donors (Lipinski definition) is 1. The molecule has 0 heterocycles. The molecule has 0 unspecified atom stereocenters. The fourth-order valence-corrected chi connectivity index (χ4v) is 0.793. The van der Waals surface area contributed by atoms with E-state index in [2.05, 4.69) is 19.1 Å². The molecule has 1 heteroatoms. The molecule has 10 heavy (non-hydrogen) atoms. The van der Waals surface area contributed by atoms with Crippen molar-refractivity contribution in [2.75, 3.05) is 6.54 Å². The van der Waals surface area contributed by atoms with Crippen LogP contribution in [0.4, 0.5) is 0 Å². The molecule has 0 aliphatic rings. The van der Waals surface area contributed by atoms with Crippen LogP contribution < -0.4 is 5.73 Å². The zero-order valence-electron chi connectivity index (χ0n) is 6.97. The first-order valence-electron chi connectivity index (χ1n) is 4.27. The summed E-state index contributed by atoms with van der Waals surface area (Å²) in [5.74, 6) is 0. The molecule has 0 radical (unpaired) electrons. The monoisotopic (exact) mass is 141 g/mol. The van der Waals surface area contributed by atoms with Crippen molar-refractivity contribution < 1.29 is 0 Å². The van der Waals surface area contributed by atoms with Crippen LogP contribution in [0, 0.1) is 0 Å². The van der Waals surface area contributed by atoms with Gasteiger partial charge in [0.25, 0.3) is 0 Å². The zero-order chi connectivity index (χ0) is 7.66. The van der Waals surface area contributed by atoms with Crippen LogP contribution in [-0.4, -0.2) is 6.54 Å². The van der Waals surface area contributed by atoms with E-state index in [4.69, 9.17) is 5.73 Å². The number of rotatable bonds is 6. The Morgan fingerprint density at radius 3 is 2.20 bits per heavy atom. The SMILES string of the molecule is CCCC/C=C/CCCN. The van der Waals surface area contributed by atoms with Gasteiger partial charge in [-0.2, -0.15) is 0 Å². The van der Waals surface area contributed by atoms with E-state index >= 15 is 0 Å². The molecule has 0 saturated carbocycles. The van der Waals surface area contributed by atoms with Crippen LogP contribution in [0.1, 0.15) is 39.0 Å². The number of hydrogen-bond acceptors (Lipinski definition) is 1. The van der Waals surface area contributed by atoms with Gasteiger partial charge in [0.2, 0.25) is 0 Å². The molecule has 2 N–H and O–H groups in total. The van der Waals surface area contributed by atoms with Crippen LogP contribution in [0.5, 0.6) is 0 Å². The largest absolute Gasteiger partial charge is 0.330 e. The topological polar surface area (TPSA) is 26.0 Å². The van der Waals surface area contributed by atoms with E-state index in [1.54, 1.807) is 0 Å². The molecule has 0 atom stereocenters. The molecule has 0 aliphatic heterocycles. The summed E-state index contributed by atoms with van der Waals surface area (Å²) in [4.78, 5) is 0. The highest BCUT2D eigenvalue weighted by Gasteiger charge is 1.78. The maximum atomic E-state index is 5.34. The van der Waals surface area contributed by atoms with Crippen LogP contribution in [-0.2, 0) is 0 Å². The van der Waals surface area contributed by atoms with Gasteiger partial charge in [-0.1, -0.05) is 31.9 Å². The summed E-state index contributed by atoms with van der Waals surface area (Å²) in [5, 5.41) is 0. The Kier molecular flexibility index (Phi) is 8.44. The number of nitrogens with two attached hydrogens (primary N) is 1. The second kappa shape index (κ2) is 8.70. The first-order chi connectivity index (χ1) is 4.91. The lowest BCUT2D eigenvalue weighted by molar-refractivity contribution is 0.804. The Morgan fingerprint density at radius 1 is 1.10 bits per heavy atom. The molecular formula is C9H19N. The summed E-state index contributed by atoms with van der Waals surface area (Å²) in [6.07, 6.45) is 10.6. The lowest BCUT2D eigenvalue weighted by Crippen LogP contribution is -1.96. The fraction of sp³-hybridized carbons (Fsp3) is 0.778. The van der Waals surface area contributed by atoms with Crippen LogP contribution in [0.3, 0.4) is 0 Å². The summed E-state index contributed by atoms with van der Waals surface area (Å²) in [6, 6.07) is 0. The minimum Gasteiger partial charge on any atom is -0.330 e. The third-order valence-corrected chi connectivity index (χ3v) is 1.47. The standard InChI is InChI=1S/C9H19N/c1-2-3-4-5-6-7-8-9-10/h5-6H,2-4,7-10H2,1H3/b6-5+. The van der Waals surface area contributed by atoms with E-state index in [9.17, 15) is 0 Å². The molecule has 0 bridgehead atoms. The van der Waals surface area contributed by atoms with Crippen molar-refractivity contribution in [3.8, 4) is 0 Å². The highest BCUT2D eigenvalue weighted by molar-refractivity contribution is 4.81. The highest BCUT2D eigenvalue weighted by Crippen LogP contribution is 1.96. The molecule has 0 aromatic carbocycles. The van der Waals surface area contributed by atoms with Gasteiger partial charge >= 0.3 is 0 Å². The summed E-state index contributed by atoms with van der Waals surface area (Å²) >= 11 is 0. The predicted octanol–water partition coefficient (Wildman–Crippen LogP) is 2.47. The Hall–Kier alpha value is -0.300. The minimum atomic E-state index is 0.818. The first kappa shape index (κ1) is 9.70.